The van der Waals surface area contributed by atoms with Crippen LogP contribution in [-0.2, 0) is 11.3 Å². The Kier molecular flexibility index (Phi) is 4.77. The SMILES string of the molecule is CNC(=O)c1ccc2c(C3CCCCC3)c3n(c2c1)CC1(C(=O)O)CC1c1cc(OC)ccc1-3. The summed E-state index contributed by atoms with van der Waals surface area (Å²) in [5.41, 5.74) is 5.39. The number of nitrogens with one attached hydrogen (secondary N) is 1. The molecule has 0 saturated heterocycles. The normalized spacial score (nSPS) is 23.4. The highest BCUT2D eigenvalue weighted by molar-refractivity contribution is 6.01. The largest absolute Gasteiger partial charge is 0.497 e. The molecule has 1 amide bonds. The van der Waals surface area contributed by atoms with Crippen molar-refractivity contribution >= 4 is 22.8 Å². The third-order valence-corrected chi connectivity index (χ3v) is 8.44. The van der Waals surface area contributed by atoms with E-state index in [1.54, 1.807) is 14.2 Å². The van der Waals surface area contributed by atoms with E-state index in [2.05, 4.69) is 22.0 Å². The van der Waals surface area contributed by atoms with Gasteiger partial charge in [0.05, 0.1) is 18.2 Å². The molecule has 0 radical (unpaired) electrons. The van der Waals surface area contributed by atoms with Gasteiger partial charge in [-0.05, 0) is 66.6 Å². The molecule has 2 unspecified atom stereocenters. The molecule has 2 heterocycles. The highest BCUT2D eigenvalue weighted by Gasteiger charge is 2.63. The van der Waals surface area contributed by atoms with Gasteiger partial charge in [-0.15, -0.1) is 0 Å². The van der Waals surface area contributed by atoms with E-state index in [1.807, 2.05) is 24.3 Å². The summed E-state index contributed by atoms with van der Waals surface area (Å²) in [7, 11) is 3.29. The summed E-state index contributed by atoms with van der Waals surface area (Å²) >= 11 is 0. The molecule has 2 N–H and O–H groups in total. The quantitative estimate of drug-likeness (QED) is 0.556. The van der Waals surface area contributed by atoms with E-state index in [-0.39, 0.29) is 11.8 Å². The average Bonchev–Trinajstić information content (AvgIpc) is 3.54. The van der Waals surface area contributed by atoms with Gasteiger partial charge in [0, 0.05) is 41.5 Å². The Morgan fingerprint density at radius 3 is 2.62 bits per heavy atom. The van der Waals surface area contributed by atoms with E-state index in [4.69, 9.17) is 4.74 Å². The molecule has 2 fully saturated rings. The van der Waals surface area contributed by atoms with Gasteiger partial charge in [-0.1, -0.05) is 25.3 Å². The van der Waals surface area contributed by atoms with Gasteiger partial charge in [0.15, 0.2) is 0 Å². The maximum absolute atomic E-state index is 12.6. The van der Waals surface area contributed by atoms with Crippen molar-refractivity contribution in [3.63, 3.8) is 0 Å². The Balaban J connectivity index is 1.69. The minimum Gasteiger partial charge on any atom is -0.497 e. The number of carbonyl (C=O) groups is 2. The first-order chi connectivity index (χ1) is 16.5. The number of benzene rings is 2. The maximum Gasteiger partial charge on any atom is 0.312 e. The zero-order valence-electron chi connectivity index (χ0n) is 19.7. The van der Waals surface area contributed by atoms with E-state index in [0.717, 1.165) is 46.3 Å². The van der Waals surface area contributed by atoms with Crippen molar-refractivity contribution in [2.75, 3.05) is 14.2 Å². The first-order valence-corrected chi connectivity index (χ1v) is 12.3. The molecule has 1 aliphatic heterocycles. The van der Waals surface area contributed by atoms with E-state index in [9.17, 15) is 14.7 Å². The average molecular weight is 459 g/mol. The number of carboxylic acids is 1. The van der Waals surface area contributed by atoms with Crippen molar-refractivity contribution in [3.8, 4) is 17.0 Å². The summed E-state index contributed by atoms with van der Waals surface area (Å²) in [6.07, 6.45) is 6.60. The Morgan fingerprint density at radius 1 is 1.12 bits per heavy atom. The van der Waals surface area contributed by atoms with Crippen LogP contribution in [0.3, 0.4) is 0 Å². The topological polar surface area (TPSA) is 80.6 Å². The number of ether oxygens (including phenoxy) is 1. The van der Waals surface area contributed by atoms with Crippen LogP contribution in [0.2, 0.25) is 0 Å². The fraction of sp³-hybridized carbons (Fsp3) is 0.429. The molecule has 176 valence electrons. The van der Waals surface area contributed by atoms with E-state index in [0.29, 0.717) is 24.4 Å². The van der Waals surface area contributed by atoms with Crippen molar-refractivity contribution in [2.24, 2.45) is 5.41 Å². The highest BCUT2D eigenvalue weighted by atomic mass is 16.5. The van der Waals surface area contributed by atoms with Gasteiger partial charge in [0.1, 0.15) is 5.75 Å². The highest BCUT2D eigenvalue weighted by Crippen LogP contribution is 2.65. The van der Waals surface area contributed by atoms with Gasteiger partial charge in [0.2, 0.25) is 0 Å². The number of hydrogen-bond donors (Lipinski definition) is 2. The first-order valence-electron chi connectivity index (χ1n) is 12.3. The van der Waals surface area contributed by atoms with Gasteiger partial charge >= 0.3 is 5.97 Å². The standard InChI is InChI=1S/C28H30N2O4/c1-29-26(31)17-8-10-20-23(12-17)30-15-28(27(32)33)14-22(28)21-13-18(34-2)9-11-19(21)25(30)24(20)16-6-4-3-5-7-16/h8-13,16,22H,3-7,14-15H2,1-2H3,(H,29,31)(H,32,33). The number of methoxy groups -OCH3 is 1. The molecule has 2 atom stereocenters. The number of hydrogen-bond acceptors (Lipinski definition) is 3. The Bertz CT molecular complexity index is 1330. The Hall–Kier alpha value is -3.28. The molecule has 3 aromatic rings. The monoisotopic (exact) mass is 458 g/mol. The summed E-state index contributed by atoms with van der Waals surface area (Å²) < 4.78 is 7.75. The number of fused-ring (bicyclic) bond motifs is 7. The molecule has 2 saturated carbocycles. The lowest BCUT2D eigenvalue weighted by atomic mass is 9.81. The van der Waals surface area contributed by atoms with E-state index >= 15 is 0 Å². The Labute approximate surface area is 198 Å². The molecule has 2 aromatic carbocycles. The number of carboxylic acid groups (broad SMARTS) is 1. The fourth-order valence-electron chi connectivity index (χ4n) is 6.57. The van der Waals surface area contributed by atoms with Crippen LogP contribution >= 0.6 is 0 Å². The molecule has 1 aromatic heterocycles. The lowest BCUT2D eigenvalue weighted by Crippen LogP contribution is -2.23. The molecular weight excluding hydrogens is 428 g/mol. The van der Waals surface area contributed by atoms with Crippen molar-refractivity contribution in [1.82, 2.24) is 9.88 Å². The number of aromatic nitrogens is 1. The molecule has 3 aliphatic rings. The smallest absolute Gasteiger partial charge is 0.312 e. The van der Waals surface area contributed by atoms with Crippen molar-refractivity contribution in [1.29, 1.82) is 0 Å². The van der Waals surface area contributed by atoms with Gasteiger partial charge in [0.25, 0.3) is 5.91 Å². The van der Waals surface area contributed by atoms with E-state index < -0.39 is 11.4 Å². The van der Waals surface area contributed by atoms with Crippen molar-refractivity contribution < 1.29 is 19.4 Å². The first kappa shape index (κ1) is 21.3. The Morgan fingerprint density at radius 2 is 1.91 bits per heavy atom. The second-order valence-electron chi connectivity index (χ2n) is 10.2. The number of nitrogens with zero attached hydrogens (tertiary/aromatic N) is 1. The predicted molar refractivity (Wildman–Crippen MR) is 131 cm³/mol. The van der Waals surface area contributed by atoms with Crippen LogP contribution in [0, 0.1) is 5.41 Å². The second-order valence-corrected chi connectivity index (χ2v) is 10.2. The molecule has 6 rings (SSSR count). The summed E-state index contributed by atoms with van der Waals surface area (Å²) in [6.45, 7) is 0.416. The summed E-state index contributed by atoms with van der Waals surface area (Å²) in [4.78, 5) is 25.1. The maximum atomic E-state index is 12.6. The molecule has 0 bridgehead atoms. The number of carbonyl (C=O) groups excluding carboxylic acids is 1. The van der Waals surface area contributed by atoms with Gasteiger partial charge < -0.3 is 19.7 Å². The number of amides is 1. The number of rotatable bonds is 4. The fourth-order valence-corrected chi connectivity index (χ4v) is 6.57. The zero-order chi connectivity index (χ0) is 23.6. The predicted octanol–water partition coefficient (Wildman–Crippen LogP) is 5.30. The van der Waals surface area contributed by atoms with Crippen LogP contribution in [0.15, 0.2) is 36.4 Å². The number of aliphatic carboxylic acids is 1. The zero-order valence-corrected chi connectivity index (χ0v) is 19.7. The minimum absolute atomic E-state index is 0.0358. The van der Waals surface area contributed by atoms with Crippen molar-refractivity contribution in [2.45, 2.75) is 56.9 Å². The van der Waals surface area contributed by atoms with Crippen LogP contribution in [0.1, 0.15) is 71.8 Å². The third kappa shape index (κ3) is 2.93. The van der Waals surface area contributed by atoms with Crippen molar-refractivity contribution in [3.05, 3.63) is 53.1 Å². The van der Waals surface area contributed by atoms with Crippen LogP contribution in [-0.4, -0.2) is 35.7 Å². The molecule has 0 spiro atoms. The van der Waals surface area contributed by atoms with Gasteiger partial charge in [-0.2, -0.15) is 0 Å². The second kappa shape index (κ2) is 7.62. The molecule has 34 heavy (non-hydrogen) atoms. The van der Waals surface area contributed by atoms with Gasteiger partial charge in [-0.25, -0.2) is 0 Å². The molecule has 6 nitrogen and oxygen atoms in total. The molecule has 6 heteroatoms. The van der Waals surface area contributed by atoms with E-state index in [1.165, 1.54) is 24.8 Å². The van der Waals surface area contributed by atoms with Gasteiger partial charge in [-0.3, -0.25) is 9.59 Å². The van der Waals surface area contributed by atoms with Crippen LogP contribution in [0.25, 0.3) is 22.2 Å². The minimum atomic E-state index is -0.828. The summed E-state index contributed by atoms with van der Waals surface area (Å²) in [5, 5.41) is 14.2. The molecular formula is C28H30N2O4. The third-order valence-electron chi connectivity index (χ3n) is 8.44. The summed E-state index contributed by atoms with van der Waals surface area (Å²) in [5.74, 6) is 0.279. The lowest BCUT2D eigenvalue weighted by Gasteiger charge is -2.24. The summed E-state index contributed by atoms with van der Waals surface area (Å²) in [6, 6.07) is 12.1. The lowest BCUT2D eigenvalue weighted by molar-refractivity contribution is -0.144. The van der Waals surface area contributed by atoms with Crippen LogP contribution in [0.5, 0.6) is 5.75 Å². The van der Waals surface area contributed by atoms with Crippen LogP contribution in [0.4, 0.5) is 0 Å². The molecule has 2 aliphatic carbocycles. The van der Waals surface area contributed by atoms with Crippen LogP contribution < -0.4 is 10.1 Å².